The highest BCUT2D eigenvalue weighted by molar-refractivity contribution is 8.77. The largest absolute Gasteiger partial charge is 0.478 e. The van der Waals surface area contributed by atoms with Gasteiger partial charge in [-0.3, -0.25) is 19.2 Å². The molecule has 400 valence electrons. The van der Waals surface area contributed by atoms with Crippen LogP contribution in [0.5, 0.6) is 0 Å². The Morgan fingerprint density at radius 3 is 2.11 bits per heavy atom. The fraction of sp³-hybridized carbons (Fsp3) is 0.648. The zero-order valence-electron chi connectivity index (χ0n) is 44.9. The first-order chi connectivity index (χ1) is 33.9. The molecule has 2 heterocycles. The van der Waals surface area contributed by atoms with Gasteiger partial charge in [0.1, 0.15) is 17.9 Å². The Hall–Kier alpha value is -4.49. The molecular weight excluding hydrogens is 959 g/mol. The van der Waals surface area contributed by atoms with Crippen molar-refractivity contribution in [1.29, 1.82) is 0 Å². The number of nitrogens with zero attached hydrogens (tertiary/aromatic N) is 4. The Morgan fingerprint density at radius 2 is 1.53 bits per heavy atom. The van der Waals surface area contributed by atoms with E-state index in [4.69, 9.17) is 14.2 Å². The third kappa shape index (κ3) is 15.3. The van der Waals surface area contributed by atoms with Crippen molar-refractivity contribution in [3.8, 4) is 0 Å². The van der Waals surface area contributed by atoms with Gasteiger partial charge in [-0.25, -0.2) is 14.6 Å². The second kappa shape index (κ2) is 27.2. The van der Waals surface area contributed by atoms with E-state index in [-0.39, 0.29) is 84.5 Å². The predicted molar refractivity (Wildman–Crippen MR) is 283 cm³/mol. The third-order valence-electron chi connectivity index (χ3n) is 14.4. The number of hydrogen-bond donors (Lipinski definition) is 3. The van der Waals surface area contributed by atoms with E-state index < -0.39 is 59.0 Å². The Kier molecular flexibility index (Phi) is 22.7. The van der Waals surface area contributed by atoms with E-state index in [1.54, 1.807) is 43.2 Å². The summed E-state index contributed by atoms with van der Waals surface area (Å²) in [6, 6.07) is 12.4. The number of aromatic carboxylic acids is 1. The van der Waals surface area contributed by atoms with Crippen molar-refractivity contribution >= 4 is 68.1 Å². The molecule has 3 N–H and O–H groups in total. The zero-order chi connectivity index (χ0) is 53.8. The van der Waals surface area contributed by atoms with Gasteiger partial charge in [-0.2, -0.15) is 0 Å². The maximum absolute atomic E-state index is 14.7. The number of para-hydroxylation sites is 1. The summed E-state index contributed by atoms with van der Waals surface area (Å²) in [5.74, 6) is -4.09. The average molecular weight is 1040 g/mol. The number of likely N-dealkylation sites (tertiary alicyclic amines) is 1. The number of carboxylic acid groups (broad SMARTS) is 1. The molecule has 3 aromatic rings. The predicted octanol–water partition coefficient (Wildman–Crippen LogP) is 9.35. The Bertz CT molecular complexity index is 2290. The van der Waals surface area contributed by atoms with Crippen LogP contribution in [0.1, 0.15) is 130 Å². The van der Waals surface area contributed by atoms with Gasteiger partial charge in [0.2, 0.25) is 11.8 Å². The maximum Gasteiger partial charge on any atom is 0.410 e. The number of fused-ring (bicyclic) bond motifs is 1. The van der Waals surface area contributed by atoms with E-state index in [0.29, 0.717) is 35.6 Å². The summed E-state index contributed by atoms with van der Waals surface area (Å²) in [6.07, 6.45) is -0.669. The molecule has 0 aliphatic carbocycles. The van der Waals surface area contributed by atoms with E-state index in [1.165, 1.54) is 39.6 Å². The number of aliphatic hydroxyl groups excluding tert-OH is 1. The average Bonchev–Trinajstić information content (AvgIpc) is 4.01. The van der Waals surface area contributed by atoms with Gasteiger partial charge in [-0.1, -0.05) is 109 Å². The molecule has 1 aromatic heterocycles. The summed E-state index contributed by atoms with van der Waals surface area (Å²) in [5.41, 5.74) is 1.79. The Morgan fingerprint density at radius 1 is 0.861 bits per heavy atom. The highest BCUT2D eigenvalue weighted by Gasteiger charge is 2.44. The van der Waals surface area contributed by atoms with Crippen LogP contribution in [-0.2, 0) is 33.4 Å². The monoisotopic (exact) mass is 1040 g/mol. The van der Waals surface area contributed by atoms with Gasteiger partial charge in [0.25, 0.3) is 0 Å². The second-order valence-electron chi connectivity index (χ2n) is 20.9. The summed E-state index contributed by atoms with van der Waals surface area (Å²) in [6.45, 7) is 19.5. The number of imidazole rings is 1. The highest BCUT2D eigenvalue weighted by Crippen LogP contribution is 2.41. The van der Waals surface area contributed by atoms with Crippen molar-refractivity contribution in [3.05, 3.63) is 59.7 Å². The van der Waals surface area contributed by atoms with Crippen molar-refractivity contribution in [1.82, 2.24) is 24.7 Å². The molecule has 1 fully saturated rings. The number of carbonyl (C=O) groups excluding carboxylic acids is 5. The molecule has 1 aliphatic heterocycles. The maximum atomic E-state index is 14.7. The van der Waals surface area contributed by atoms with Gasteiger partial charge in [0.15, 0.2) is 10.9 Å². The van der Waals surface area contributed by atoms with Crippen molar-refractivity contribution in [2.75, 3.05) is 41.5 Å². The molecule has 2 aromatic carbocycles. The van der Waals surface area contributed by atoms with Gasteiger partial charge in [0, 0.05) is 59.5 Å². The molecule has 4 rings (SSSR count). The van der Waals surface area contributed by atoms with Gasteiger partial charge in [-0.15, -0.1) is 0 Å². The Balaban J connectivity index is 1.42. The fourth-order valence-corrected chi connectivity index (χ4v) is 12.0. The number of carboxylic acids is 1. The molecule has 0 spiro atoms. The minimum absolute atomic E-state index is 0.00359. The highest BCUT2D eigenvalue weighted by atomic mass is 33.1. The van der Waals surface area contributed by atoms with Crippen LogP contribution in [0.15, 0.2) is 53.7 Å². The second-order valence-corrected chi connectivity index (χ2v) is 23.8. The molecule has 0 unspecified atom stereocenters. The van der Waals surface area contributed by atoms with Crippen molar-refractivity contribution < 1.29 is 53.2 Å². The molecule has 0 radical (unpaired) electrons. The zero-order valence-corrected chi connectivity index (χ0v) is 46.5. The number of carbonyl (C=O) groups is 6. The van der Waals surface area contributed by atoms with E-state index in [1.807, 2.05) is 99.6 Å². The standard InChI is InChI=1S/C54H81N5O11S2/c1-15-33(6)47(43(68-13)29-44(62)59-26-20-25-40(59)49(69-14)35(8)41(60)27-34(7)48(63)36-21-17-16-18-22-36)57(11)50(64)38(31(2)3)28-42(61)46(32(4)5)58(12)53(67)70-30-54(9,10)72-71-52-55-39-24-19-23-37(51(65)66)45(39)56-52/h16-19,21-24,31-35,38,40,43,46-49,63H,15,20,25-30H2,1-14H3,(H,55,56)(H,65,66)/t33-,34-,35-,38-,40-,43+,46-,47-,48+,49+/m0/s1. The Labute approximate surface area is 434 Å². The number of ether oxygens (including phenoxy) is 3. The number of benzene rings is 2. The number of Topliss-reactive ketones (excluding diaryl/α,β-unsaturated/α-hetero) is 2. The number of methoxy groups -OCH3 is 2. The number of aromatic nitrogens is 2. The smallest absolute Gasteiger partial charge is 0.410 e. The number of amides is 3. The van der Waals surface area contributed by atoms with Crippen molar-refractivity contribution in [2.45, 2.75) is 154 Å². The molecule has 3 amide bonds. The number of rotatable bonds is 28. The first-order valence-corrected chi connectivity index (χ1v) is 27.4. The molecular formula is C54H81N5O11S2. The number of likely N-dealkylation sites (N-methyl/N-ethyl adjacent to an activating group) is 2. The SMILES string of the molecule is CC[C@H](C)[C@@H]([C@@H](CC(=O)N1CCC[C@H]1[C@H](OC)[C@@H](C)C(=O)C[C@H](C)[C@@H](O)c1ccccc1)OC)N(C)C(=O)[C@@H](CC(=O)[C@H](C(C)C)N(C)C(=O)OCC(C)(C)SSc1nc2c(C(=O)O)cccc2[nH]1)C(C)C. The summed E-state index contributed by atoms with van der Waals surface area (Å²) in [5, 5.41) is 21.1. The van der Waals surface area contributed by atoms with Gasteiger partial charge in [-0.05, 0) is 78.9 Å². The van der Waals surface area contributed by atoms with Crippen LogP contribution in [-0.4, -0.2) is 147 Å². The van der Waals surface area contributed by atoms with Crippen LogP contribution in [0.3, 0.4) is 0 Å². The lowest BCUT2D eigenvalue weighted by Gasteiger charge is -2.41. The van der Waals surface area contributed by atoms with Gasteiger partial charge >= 0.3 is 12.1 Å². The van der Waals surface area contributed by atoms with E-state index in [0.717, 1.165) is 12.0 Å². The third-order valence-corrected chi connectivity index (χ3v) is 17.5. The van der Waals surface area contributed by atoms with Crippen molar-refractivity contribution in [2.24, 2.45) is 35.5 Å². The molecule has 16 nitrogen and oxygen atoms in total. The number of H-pyrrole nitrogens is 1. The minimum atomic E-state index is -1.07. The lowest BCUT2D eigenvalue weighted by Crippen LogP contribution is -2.54. The lowest BCUT2D eigenvalue weighted by atomic mass is 9.83. The summed E-state index contributed by atoms with van der Waals surface area (Å²) in [4.78, 5) is 95.0. The fourth-order valence-electron chi connectivity index (χ4n) is 10.0. The molecule has 0 bridgehead atoms. The van der Waals surface area contributed by atoms with E-state index in [9.17, 15) is 39.0 Å². The quantitative estimate of drug-likeness (QED) is 0.0579. The normalized spacial score (nSPS) is 18.0. The number of ketones is 2. The van der Waals surface area contributed by atoms with Gasteiger partial charge < -0.3 is 44.1 Å². The first-order valence-electron chi connectivity index (χ1n) is 25.3. The van der Waals surface area contributed by atoms with Crippen molar-refractivity contribution in [3.63, 3.8) is 0 Å². The summed E-state index contributed by atoms with van der Waals surface area (Å²) in [7, 11) is 9.04. The van der Waals surface area contributed by atoms with Crippen LogP contribution >= 0.6 is 21.6 Å². The number of aromatic amines is 1. The summed E-state index contributed by atoms with van der Waals surface area (Å²) >= 11 is 0. The molecule has 1 aliphatic rings. The van der Waals surface area contributed by atoms with Gasteiger partial charge in [0.05, 0.1) is 58.7 Å². The lowest BCUT2D eigenvalue weighted by molar-refractivity contribution is -0.149. The van der Waals surface area contributed by atoms with Crippen LogP contribution in [0.4, 0.5) is 4.79 Å². The molecule has 10 atom stereocenters. The molecule has 0 saturated carbocycles. The number of nitrogens with one attached hydrogen (secondary N) is 1. The topological polar surface area (TPSA) is 209 Å². The first kappa shape index (κ1) is 60.1. The van der Waals surface area contributed by atoms with Crippen LogP contribution in [0.25, 0.3) is 11.0 Å². The van der Waals surface area contributed by atoms with E-state index in [2.05, 4.69) is 9.97 Å². The minimum Gasteiger partial charge on any atom is -0.478 e. The molecule has 72 heavy (non-hydrogen) atoms. The molecule has 1 saturated heterocycles. The van der Waals surface area contributed by atoms with Crippen LogP contribution in [0, 0.1) is 35.5 Å². The molecule has 18 heteroatoms. The summed E-state index contributed by atoms with van der Waals surface area (Å²) < 4.78 is 17.3. The number of aliphatic hydroxyl groups is 1. The van der Waals surface area contributed by atoms with E-state index >= 15 is 0 Å². The van der Waals surface area contributed by atoms with Crippen LogP contribution in [0.2, 0.25) is 0 Å². The van der Waals surface area contributed by atoms with Crippen LogP contribution < -0.4 is 0 Å². The number of hydrogen-bond acceptors (Lipinski definition) is 13.